The first-order chi connectivity index (χ1) is 15.4. The Kier molecular flexibility index (Phi) is 4.73. The van der Waals surface area contributed by atoms with Gasteiger partial charge in [-0.05, 0) is 43.0 Å². The highest BCUT2D eigenvalue weighted by atomic mass is 19.1. The van der Waals surface area contributed by atoms with Crippen LogP contribution in [0.1, 0.15) is 24.2 Å². The van der Waals surface area contributed by atoms with Crippen LogP contribution >= 0.6 is 0 Å². The quantitative estimate of drug-likeness (QED) is 0.443. The molecule has 3 N–H and O–H groups in total. The van der Waals surface area contributed by atoms with Crippen molar-refractivity contribution in [2.75, 3.05) is 22.6 Å². The van der Waals surface area contributed by atoms with Gasteiger partial charge in [0.2, 0.25) is 0 Å². The summed E-state index contributed by atoms with van der Waals surface area (Å²) in [4.78, 5) is 22.1. The second-order valence-corrected chi connectivity index (χ2v) is 7.72. The van der Waals surface area contributed by atoms with E-state index in [-0.39, 0.29) is 11.2 Å². The fourth-order valence-corrected chi connectivity index (χ4v) is 4.10. The van der Waals surface area contributed by atoms with Gasteiger partial charge in [0, 0.05) is 11.8 Å². The lowest BCUT2D eigenvalue weighted by atomic mass is 10.0. The number of nitrogens with zero attached hydrogens (tertiary/aromatic N) is 3. The monoisotopic (exact) mass is 434 g/mol. The fourth-order valence-electron chi connectivity index (χ4n) is 4.10. The Morgan fingerprint density at radius 3 is 2.66 bits per heavy atom. The summed E-state index contributed by atoms with van der Waals surface area (Å²) in [6, 6.07) is 10.1. The molecule has 32 heavy (non-hydrogen) atoms. The van der Waals surface area contributed by atoms with Crippen LogP contribution < -0.4 is 21.5 Å². The number of hydrogen-bond donors (Lipinski definition) is 3. The molecule has 5 rings (SSSR count). The smallest absolute Gasteiger partial charge is 0.263 e. The van der Waals surface area contributed by atoms with Crippen LogP contribution in [0.3, 0.4) is 0 Å². The first-order valence-electron chi connectivity index (χ1n) is 10.1. The van der Waals surface area contributed by atoms with Crippen LogP contribution in [0.5, 0.6) is 0 Å². The molecule has 3 heterocycles. The molecule has 0 radical (unpaired) electrons. The average Bonchev–Trinajstić information content (AvgIpc) is 3.22. The molecule has 0 saturated carbocycles. The summed E-state index contributed by atoms with van der Waals surface area (Å²) in [6.45, 7) is 4.23. The molecule has 2 aromatic heterocycles. The van der Waals surface area contributed by atoms with Crippen LogP contribution in [0.4, 0.5) is 26.1 Å². The zero-order valence-corrected chi connectivity index (χ0v) is 17.4. The predicted molar refractivity (Wildman–Crippen MR) is 120 cm³/mol. The van der Waals surface area contributed by atoms with Crippen LogP contribution in [-0.4, -0.2) is 21.2 Å². The molecule has 1 aliphatic rings. The summed E-state index contributed by atoms with van der Waals surface area (Å²) in [7, 11) is 0. The molecule has 0 saturated heterocycles. The highest BCUT2D eigenvalue weighted by Crippen LogP contribution is 2.33. The van der Waals surface area contributed by atoms with E-state index < -0.39 is 17.7 Å². The number of halogens is 2. The maximum atomic E-state index is 14.1. The molecule has 0 fully saturated rings. The minimum atomic E-state index is -0.757. The van der Waals surface area contributed by atoms with Crippen molar-refractivity contribution in [2.45, 2.75) is 19.9 Å². The number of rotatable bonds is 4. The molecular weight excluding hydrogens is 414 g/mol. The number of fused-ring (bicyclic) bond motifs is 2. The van der Waals surface area contributed by atoms with Gasteiger partial charge in [-0.15, -0.1) is 0 Å². The Morgan fingerprint density at radius 1 is 1.09 bits per heavy atom. The molecule has 0 amide bonds. The van der Waals surface area contributed by atoms with Gasteiger partial charge in [-0.3, -0.25) is 9.36 Å². The Bertz CT molecular complexity index is 1400. The summed E-state index contributed by atoms with van der Waals surface area (Å²) < 4.78 is 29.5. The van der Waals surface area contributed by atoms with E-state index >= 15 is 0 Å². The molecule has 7 nitrogen and oxygen atoms in total. The third kappa shape index (κ3) is 3.31. The SMILES string of the molecule is Cc1cccc2cc(C(C)Nc3ncnc4c3NCN4)n(-c3cc(F)cc(F)c3)c(=O)c12. The van der Waals surface area contributed by atoms with Crippen molar-refractivity contribution in [1.82, 2.24) is 14.5 Å². The van der Waals surface area contributed by atoms with E-state index in [1.807, 2.05) is 38.1 Å². The second-order valence-electron chi connectivity index (χ2n) is 7.72. The lowest BCUT2D eigenvalue weighted by Crippen LogP contribution is -2.26. The number of benzene rings is 2. The third-order valence-corrected chi connectivity index (χ3v) is 5.55. The Balaban J connectivity index is 1.71. The topological polar surface area (TPSA) is 83.9 Å². The standard InChI is InChI=1S/C23H20F2N6O/c1-12-4-3-5-14-6-18(13(2)30-22-20-21(27-10-26-20)28-11-29-22)31(23(32)19(12)14)17-8-15(24)7-16(25)9-17/h3-9,11,13,26H,10H2,1-2H3,(H2,27,28,29,30). The largest absolute Gasteiger partial charge is 0.362 e. The molecule has 0 aliphatic carbocycles. The molecule has 0 bridgehead atoms. The summed E-state index contributed by atoms with van der Waals surface area (Å²) in [5.41, 5.74) is 1.82. The number of hydrogen-bond acceptors (Lipinski definition) is 6. The molecule has 2 aromatic carbocycles. The van der Waals surface area contributed by atoms with E-state index in [4.69, 9.17) is 0 Å². The molecule has 162 valence electrons. The highest BCUT2D eigenvalue weighted by molar-refractivity contribution is 5.86. The first-order valence-corrected chi connectivity index (χ1v) is 10.1. The van der Waals surface area contributed by atoms with Gasteiger partial charge in [0.1, 0.15) is 23.6 Å². The van der Waals surface area contributed by atoms with Crippen LogP contribution in [0.25, 0.3) is 16.5 Å². The highest BCUT2D eigenvalue weighted by Gasteiger charge is 2.22. The average molecular weight is 434 g/mol. The van der Waals surface area contributed by atoms with Crippen molar-refractivity contribution in [3.05, 3.63) is 82.0 Å². The van der Waals surface area contributed by atoms with Crippen molar-refractivity contribution in [1.29, 1.82) is 0 Å². The first kappa shape index (κ1) is 19.9. The number of aromatic nitrogens is 3. The van der Waals surface area contributed by atoms with Gasteiger partial charge >= 0.3 is 0 Å². The molecule has 1 atom stereocenters. The zero-order chi connectivity index (χ0) is 22.4. The van der Waals surface area contributed by atoms with Gasteiger partial charge < -0.3 is 16.0 Å². The van der Waals surface area contributed by atoms with E-state index in [1.165, 1.54) is 10.9 Å². The lowest BCUT2D eigenvalue weighted by Gasteiger charge is -2.22. The summed E-state index contributed by atoms with van der Waals surface area (Å²) in [6.07, 6.45) is 1.44. The maximum absolute atomic E-state index is 14.1. The fraction of sp³-hybridized carbons (Fsp3) is 0.174. The van der Waals surface area contributed by atoms with Crippen molar-refractivity contribution in [2.24, 2.45) is 0 Å². The van der Waals surface area contributed by atoms with Crippen molar-refractivity contribution in [3.8, 4) is 5.69 Å². The summed E-state index contributed by atoms with van der Waals surface area (Å²) in [5, 5.41) is 10.8. The van der Waals surface area contributed by atoms with Crippen LogP contribution in [0.2, 0.25) is 0 Å². The number of anilines is 3. The van der Waals surface area contributed by atoms with Crippen LogP contribution in [0.15, 0.2) is 53.6 Å². The molecule has 0 spiro atoms. The van der Waals surface area contributed by atoms with Gasteiger partial charge in [-0.25, -0.2) is 18.7 Å². The van der Waals surface area contributed by atoms with Crippen molar-refractivity contribution >= 4 is 28.1 Å². The minimum Gasteiger partial charge on any atom is -0.362 e. The van der Waals surface area contributed by atoms with Gasteiger partial charge in [0.25, 0.3) is 5.56 Å². The normalized spacial score (nSPS) is 13.4. The second kappa shape index (κ2) is 7.60. The minimum absolute atomic E-state index is 0.119. The summed E-state index contributed by atoms with van der Waals surface area (Å²) in [5.74, 6) is -0.283. The van der Waals surface area contributed by atoms with E-state index in [9.17, 15) is 13.6 Å². The van der Waals surface area contributed by atoms with Gasteiger partial charge in [0.15, 0.2) is 11.6 Å². The van der Waals surface area contributed by atoms with E-state index in [0.29, 0.717) is 29.4 Å². The zero-order valence-electron chi connectivity index (χ0n) is 17.4. The van der Waals surface area contributed by atoms with Crippen LogP contribution in [-0.2, 0) is 0 Å². The Labute approximate surface area is 182 Å². The lowest BCUT2D eigenvalue weighted by molar-refractivity contribution is 0.580. The van der Waals surface area contributed by atoms with Crippen LogP contribution in [0, 0.1) is 18.6 Å². The number of pyridine rings is 1. The van der Waals surface area contributed by atoms with Crippen molar-refractivity contribution in [3.63, 3.8) is 0 Å². The number of nitrogens with one attached hydrogen (secondary N) is 3. The molecule has 9 heteroatoms. The molecule has 1 aliphatic heterocycles. The van der Waals surface area contributed by atoms with Crippen molar-refractivity contribution < 1.29 is 8.78 Å². The maximum Gasteiger partial charge on any atom is 0.263 e. The molecule has 4 aromatic rings. The predicted octanol–water partition coefficient (Wildman–Crippen LogP) is 4.34. The van der Waals surface area contributed by atoms with E-state index in [1.54, 1.807) is 0 Å². The third-order valence-electron chi connectivity index (χ3n) is 5.55. The van der Waals surface area contributed by atoms with Gasteiger partial charge in [-0.2, -0.15) is 0 Å². The van der Waals surface area contributed by atoms with Gasteiger partial charge in [0.05, 0.1) is 23.8 Å². The number of aryl methyl sites for hydroxylation is 1. The summed E-state index contributed by atoms with van der Waals surface area (Å²) >= 11 is 0. The van der Waals surface area contributed by atoms with E-state index in [2.05, 4.69) is 25.9 Å². The Morgan fingerprint density at radius 2 is 1.88 bits per heavy atom. The molecule has 1 unspecified atom stereocenters. The van der Waals surface area contributed by atoms with E-state index in [0.717, 1.165) is 34.8 Å². The van der Waals surface area contributed by atoms with Gasteiger partial charge in [-0.1, -0.05) is 18.2 Å². The Hall–Kier alpha value is -4.01. The molecular formula is C23H20F2N6O.